The number of benzene rings is 3. The molecule has 33 heavy (non-hydrogen) atoms. The Morgan fingerprint density at radius 3 is 2.24 bits per heavy atom. The van der Waals surface area contributed by atoms with Gasteiger partial charge < -0.3 is 24.2 Å². The summed E-state index contributed by atoms with van der Waals surface area (Å²) in [6.07, 6.45) is 0. The molecular weight excluding hydrogens is 486 g/mol. The summed E-state index contributed by atoms with van der Waals surface area (Å²) in [5.41, 5.74) is 2.97. The van der Waals surface area contributed by atoms with Crippen molar-refractivity contribution in [3.05, 3.63) is 93.7 Å². The standard InChI is InChI=1S/C26H24BrNO5/c1-31-20-10-7-16(8-11-20)23-24(17-5-4-6-19(27)13-17)28(26(30)25(23)29)15-18-9-12-21(32-2)14-22(18)33-3/h4-14,24,29H,15H2,1-3H3/t24-/m1/s1. The van der Waals surface area contributed by atoms with Crippen LogP contribution in [0.2, 0.25) is 0 Å². The summed E-state index contributed by atoms with van der Waals surface area (Å²) in [6.45, 7) is 0.243. The molecule has 3 aromatic rings. The van der Waals surface area contributed by atoms with E-state index < -0.39 is 11.9 Å². The number of hydrogen-bond donors (Lipinski definition) is 1. The maximum Gasteiger partial charge on any atom is 0.290 e. The van der Waals surface area contributed by atoms with Gasteiger partial charge in [0.15, 0.2) is 5.76 Å². The molecule has 3 aromatic carbocycles. The first-order chi connectivity index (χ1) is 16.0. The quantitative estimate of drug-likeness (QED) is 0.453. The molecule has 0 fully saturated rings. The van der Waals surface area contributed by atoms with Crippen LogP contribution in [0.3, 0.4) is 0 Å². The zero-order valence-electron chi connectivity index (χ0n) is 18.5. The molecular formula is C26H24BrNO5. The molecule has 7 heteroatoms. The Kier molecular flexibility index (Phi) is 6.60. The lowest BCUT2D eigenvalue weighted by molar-refractivity contribution is -0.130. The van der Waals surface area contributed by atoms with E-state index in [4.69, 9.17) is 14.2 Å². The average molecular weight is 510 g/mol. The van der Waals surface area contributed by atoms with Crippen LogP contribution in [-0.2, 0) is 11.3 Å². The molecule has 0 unspecified atom stereocenters. The van der Waals surface area contributed by atoms with E-state index in [0.29, 0.717) is 22.8 Å². The largest absolute Gasteiger partial charge is 0.503 e. The molecule has 1 aliphatic rings. The zero-order chi connectivity index (χ0) is 23.5. The van der Waals surface area contributed by atoms with Gasteiger partial charge in [-0.25, -0.2) is 0 Å². The van der Waals surface area contributed by atoms with Crippen molar-refractivity contribution in [3.8, 4) is 17.2 Å². The van der Waals surface area contributed by atoms with Crippen LogP contribution >= 0.6 is 15.9 Å². The second-order valence-electron chi connectivity index (χ2n) is 7.56. The van der Waals surface area contributed by atoms with Gasteiger partial charge in [0.25, 0.3) is 5.91 Å². The van der Waals surface area contributed by atoms with Gasteiger partial charge in [-0.1, -0.05) is 40.2 Å². The van der Waals surface area contributed by atoms with E-state index in [1.807, 2.05) is 60.7 Å². The monoisotopic (exact) mass is 509 g/mol. The van der Waals surface area contributed by atoms with E-state index in [2.05, 4.69) is 15.9 Å². The number of ether oxygens (including phenoxy) is 3. The van der Waals surface area contributed by atoms with Gasteiger partial charge in [-0.15, -0.1) is 0 Å². The average Bonchev–Trinajstić information content (AvgIpc) is 3.09. The van der Waals surface area contributed by atoms with Crippen LogP contribution < -0.4 is 14.2 Å². The molecule has 1 atom stereocenters. The second kappa shape index (κ2) is 9.58. The van der Waals surface area contributed by atoms with Gasteiger partial charge >= 0.3 is 0 Å². The van der Waals surface area contributed by atoms with Crippen LogP contribution in [0, 0.1) is 0 Å². The first kappa shape index (κ1) is 22.7. The third kappa shape index (κ3) is 4.41. The first-order valence-corrected chi connectivity index (χ1v) is 11.1. The van der Waals surface area contributed by atoms with E-state index in [0.717, 1.165) is 21.2 Å². The molecule has 6 nitrogen and oxygen atoms in total. The van der Waals surface area contributed by atoms with E-state index in [9.17, 15) is 9.90 Å². The Morgan fingerprint density at radius 2 is 1.61 bits per heavy atom. The molecule has 0 saturated heterocycles. The van der Waals surface area contributed by atoms with Crippen LogP contribution in [0.5, 0.6) is 17.2 Å². The van der Waals surface area contributed by atoms with Crippen LogP contribution in [0.25, 0.3) is 5.57 Å². The van der Waals surface area contributed by atoms with Gasteiger partial charge in [-0.2, -0.15) is 0 Å². The summed E-state index contributed by atoms with van der Waals surface area (Å²) in [4.78, 5) is 15.0. The van der Waals surface area contributed by atoms with Crippen LogP contribution in [0.1, 0.15) is 22.7 Å². The van der Waals surface area contributed by atoms with Gasteiger partial charge in [0.05, 0.1) is 33.9 Å². The number of carbonyl (C=O) groups excluding carboxylic acids is 1. The highest BCUT2D eigenvalue weighted by Gasteiger charge is 2.41. The molecule has 170 valence electrons. The lowest BCUT2D eigenvalue weighted by Crippen LogP contribution is -2.30. The van der Waals surface area contributed by atoms with Crippen molar-refractivity contribution >= 4 is 27.4 Å². The second-order valence-corrected chi connectivity index (χ2v) is 8.47. The number of halogens is 1. The molecule has 0 aliphatic carbocycles. The van der Waals surface area contributed by atoms with E-state index in [1.54, 1.807) is 32.3 Å². The number of amides is 1. The van der Waals surface area contributed by atoms with Crippen molar-refractivity contribution in [1.82, 2.24) is 4.90 Å². The Labute approximate surface area is 201 Å². The summed E-state index contributed by atoms with van der Waals surface area (Å²) in [6, 6.07) is 20.0. The van der Waals surface area contributed by atoms with Gasteiger partial charge in [-0.05, 0) is 47.5 Å². The predicted octanol–water partition coefficient (Wildman–Crippen LogP) is 5.53. The highest BCUT2D eigenvalue weighted by Crippen LogP contribution is 2.45. The minimum absolute atomic E-state index is 0.243. The van der Waals surface area contributed by atoms with Gasteiger partial charge in [-0.3, -0.25) is 4.79 Å². The molecule has 0 saturated carbocycles. The van der Waals surface area contributed by atoms with Crippen molar-refractivity contribution in [1.29, 1.82) is 0 Å². The number of carbonyl (C=O) groups is 1. The van der Waals surface area contributed by atoms with Crippen molar-refractivity contribution in [2.24, 2.45) is 0 Å². The minimum atomic E-state index is -0.491. The highest BCUT2D eigenvalue weighted by molar-refractivity contribution is 9.10. The summed E-state index contributed by atoms with van der Waals surface area (Å²) in [5.74, 6) is 1.25. The summed E-state index contributed by atoms with van der Waals surface area (Å²) < 4.78 is 17.0. The first-order valence-electron chi connectivity index (χ1n) is 10.3. The Balaban J connectivity index is 1.81. The minimum Gasteiger partial charge on any atom is -0.503 e. The van der Waals surface area contributed by atoms with Gasteiger partial charge in [0.1, 0.15) is 17.2 Å². The number of aliphatic hydroxyl groups is 1. The molecule has 1 heterocycles. The molecule has 0 bridgehead atoms. The predicted molar refractivity (Wildman–Crippen MR) is 130 cm³/mol. The fourth-order valence-corrected chi connectivity index (χ4v) is 4.49. The third-order valence-corrected chi connectivity index (χ3v) is 6.20. The van der Waals surface area contributed by atoms with Crippen LogP contribution in [-0.4, -0.2) is 37.2 Å². The fraction of sp³-hybridized carbons (Fsp3) is 0.192. The van der Waals surface area contributed by atoms with Crippen LogP contribution in [0.4, 0.5) is 0 Å². The summed E-state index contributed by atoms with van der Waals surface area (Å²) in [7, 11) is 4.76. The van der Waals surface area contributed by atoms with E-state index in [-0.39, 0.29) is 12.3 Å². The molecule has 1 N–H and O–H groups in total. The lowest BCUT2D eigenvalue weighted by Gasteiger charge is -2.28. The van der Waals surface area contributed by atoms with Crippen molar-refractivity contribution < 1.29 is 24.1 Å². The molecule has 1 amide bonds. The number of aliphatic hydroxyl groups excluding tert-OH is 1. The Bertz CT molecular complexity index is 1210. The van der Waals surface area contributed by atoms with Gasteiger partial charge in [0.2, 0.25) is 0 Å². The van der Waals surface area contributed by atoms with Crippen molar-refractivity contribution in [3.63, 3.8) is 0 Å². The third-order valence-electron chi connectivity index (χ3n) is 5.70. The zero-order valence-corrected chi connectivity index (χ0v) is 20.1. The van der Waals surface area contributed by atoms with E-state index in [1.165, 1.54) is 0 Å². The Hall–Kier alpha value is -3.45. The Morgan fingerprint density at radius 1 is 0.909 bits per heavy atom. The molecule has 4 rings (SSSR count). The molecule has 0 radical (unpaired) electrons. The van der Waals surface area contributed by atoms with E-state index >= 15 is 0 Å². The fourth-order valence-electron chi connectivity index (χ4n) is 4.07. The van der Waals surface area contributed by atoms with Crippen LogP contribution in [0.15, 0.2) is 77.0 Å². The maximum absolute atomic E-state index is 13.3. The smallest absolute Gasteiger partial charge is 0.290 e. The van der Waals surface area contributed by atoms with Crippen molar-refractivity contribution in [2.45, 2.75) is 12.6 Å². The SMILES string of the molecule is COc1ccc(C2=C(O)C(=O)N(Cc3ccc(OC)cc3OC)[C@@H]2c2cccc(Br)c2)cc1. The molecule has 1 aliphatic heterocycles. The maximum atomic E-state index is 13.3. The number of nitrogens with zero attached hydrogens (tertiary/aromatic N) is 1. The number of methoxy groups -OCH3 is 3. The summed E-state index contributed by atoms with van der Waals surface area (Å²) >= 11 is 3.53. The highest BCUT2D eigenvalue weighted by atomic mass is 79.9. The number of hydrogen-bond acceptors (Lipinski definition) is 5. The molecule has 0 aromatic heterocycles. The van der Waals surface area contributed by atoms with Crippen molar-refractivity contribution in [2.75, 3.05) is 21.3 Å². The van der Waals surface area contributed by atoms with Gasteiger partial charge in [0, 0.05) is 21.7 Å². The molecule has 0 spiro atoms. The summed E-state index contributed by atoms with van der Waals surface area (Å²) in [5, 5.41) is 11.0. The topological polar surface area (TPSA) is 68.2 Å². The lowest BCUT2D eigenvalue weighted by atomic mass is 9.93. The normalized spacial score (nSPS) is 15.7. The number of rotatable bonds is 7.